The zero-order valence-electron chi connectivity index (χ0n) is 10.7. The van der Waals surface area contributed by atoms with Gasteiger partial charge in [0.15, 0.2) is 5.96 Å². The number of guanidine groups is 1. The molecule has 0 bridgehead atoms. The monoisotopic (exact) mass is 270 g/mol. The van der Waals surface area contributed by atoms with E-state index in [1.165, 1.54) is 7.05 Å². The number of sulfonamides is 1. The summed E-state index contributed by atoms with van der Waals surface area (Å²) >= 11 is 0. The lowest BCUT2D eigenvalue weighted by atomic mass is 10.2. The van der Waals surface area contributed by atoms with Crippen molar-refractivity contribution >= 4 is 16.0 Å². The van der Waals surface area contributed by atoms with Crippen LogP contribution in [0, 0.1) is 0 Å². The van der Waals surface area contributed by atoms with Gasteiger partial charge in [-0.15, -0.1) is 0 Å². The Hall–Kier alpha value is -1.60. The van der Waals surface area contributed by atoms with Crippen LogP contribution in [0.2, 0.25) is 0 Å². The van der Waals surface area contributed by atoms with Crippen LogP contribution in [0.3, 0.4) is 0 Å². The third-order valence-corrected chi connectivity index (χ3v) is 3.81. The van der Waals surface area contributed by atoms with E-state index in [9.17, 15) is 8.42 Å². The van der Waals surface area contributed by atoms with Gasteiger partial charge in [0.1, 0.15) is 0 Å². The SMILES string of the molecule is CN=C(NC)NCc1cccc(S(=O)(=O)NC)c1. The molecule has 0 unspecified atom stereocenters. The molecule has 0 saturated carbocycles. The van der Waals surface area contributed by atoms with E-state index in [1.807, 2.05) is 6.07 Å². The first kappa shape index (κ1) is 14.5. The van der Waals surface area contributed by atoms with Crippen LogP contribution in [0.5, 0.6) is 0 Å². The number of rotatable bonds is 4. The Balaban J connectivity index is 2.84. The lowest BCUT2D eigenvalue weighted by Gasteiger charge is -2.09. The van der Waals surface area contributed by atoms with Crippen LogP contribution < -0.4 is 15.4 Å². The van der Waals surface area contributed by atoms with E-state index < -0.39 is 10.0 Å². The van der Waals surface area contributed by atoms with Crippen molar-refractivity contribution in [3.8, 4) is 0 Å². The molecule has 0 aliphatic heterocycles. The first-order valence-electron chi connectivity index (χ1n) is 5.44. The van der Waals surface area contributed by atoms with Crippen LogP contribution in [-0.4, -0.2) is 35.5 Å². The van der Waals surface area contributed by atoms with E-state index in [0.29, 0.717) is 12.5 Å². The minimum absolute atomic E-state index is 0.253. The second-order valence-corrected chi connectivity index (χ2v) is 5.42. The maximum absolute atomic E-state index is 11.6. The minimum Gasteiger partial charge on any atom is -0.359 e. The van der Waals surface area contributed by atoms with Gasteiger partial charge in [0.25, 0.3) is 0 Å². The van der Waals surface area contributed by atoms with Crippen molar-refractivity contribution in [2.75, 3.05) is 21.1 Å². The van der Waals surface area contributed by atoms with E-state index >= 15 is 0 Å². The molecule has 0 atom stereocenters. The molecule has 0 heterocycles. The van der Waals surface area contributed by atoms with E-state index in [2.05, 4.69) is 20.3 Å². The molecule has 0 aliphatic rings. The summed E-state index contributed by atoms with van der Waals surface area (Å²) in [5.74, 6) is 0.650. The molecule has 0 saturated heterocycles. The summed E-state index contributed by atoms with van der Waals surface area (Å²) in [7, 11) is 1.43. The van der Waals surface area contributed by atoms with Gasteiger partial charge in [-0.2, -0.15) is 0 Å². The largest absolute Gasteiger partial charge is 0.359 e. The number of hydrogen-bond donors (Lipinski definition) is 3. The van der Waals surface area contributed by atoms with Crippen LogP contribution in [0.15, 0.2) is 34.2 Å². The molecule has 1 rings (SSSR count). The summed E-state index contributed by atoms with van der Waals surface area (Å²) in [6.45, 7) is 0.501. The molecule has 7 heteroatoms. The lowest BCUT2D eigenvalue weighted by Crippen LogP contribution is -2.34. The maximum atomic E-state index is 11.6. The van der Waals surface area contributed by atoms with Crippen molar-refractivity contribution in [2.45, 2.75) is 11.4 Å². The van der Waals surface area contributed by atoms with Crippen molar-refractivity contribution in [1.82, 2.24) is 15.4 Å². The molecule has 100 valence electrons. The molecular weight excluding hydrogens is 252 g/mol. The molecule has 0 aliphatic carbocycles. The smallest absolute Gasteiger partial charge is 0.240 e. The average Bonchev–Trinajstić information content (AvgIpc) is 2.40. The second-order valence-electron chi connectivity index (χ2n) is 3.53. The molecule has 6 nitrogen and oxygen atoms in total. The Morgan fingerprint density at radius 1 is 1.33 bits per heavy atom. The van der Waals surface area contributed by atoms with Crippen LogP contribution >= 0.6 is 0 Å². The van der Waals surface area contributed by atoms with E-state index in [1.54, 1.807) is 32.3 Å². The third kappa shape index (κ3) is 3.71. The zero-order valence-corrected chi connectivity index (χ0v) is 11.5. The Morgan fingerprint density at radius 3 is 2.61 bits per heavy atom. The second kappa shape index (κ2) is 6.36. The summed E-state index contributed by atoms with van der Waals surface area (Å²) in [4.78, 5) is 4.23. The highest BCUT2D eigenvalue weighted by atomic mass is 32.2. The molecule has 1 aromatic rings. The van der Waals surface area contributed by atoms with Gasteiger partial charge in [0, 0.05) is 20.6 Å². The Labute approximate surface area is 108 Å². The maximum Gasteiger partial charge on any atom is 0.240 e. The highest BCUT2D eigenvalue weighted by Crippen LogP contribution is 2.10. The summed E-state index contributed by atoms with van der Waals surface area (Å²) in [6.07, 6.45) is 0. The van der Waals surface area contributed by atoms with Crippen molar-refractivity contribution in [1.29, 1.82) is 0 Å². The highest BCUT2D eigenvalue weighted by Gasteiger charge is 2.11. The zero-order chi connectivity index (χ0) is 13.6. The van der Waals surface area contributed by atoms with Crippen LogP contribution in [0.1, 0.15) is 5.56 Å². The van der Waals surface area contributed by atoms with E-state index in [0.717, 1.165) is 5.56 Å². The molecule has 0 aromatic heterocycles. The van der Waals surface area contributed by atoms with Crippen LogP contribution in [-0.2, 0) is 16.6 Å². The van der Waals surface area contributed by atoms with Gasteiger partial charge in [-0.25, -0.2) is 13.1 Å². The van der Waals surface area contributed by atoms with Crippen LogP contribution in [0.25, 0.3) is 0 Å². The molecule has 0 fully saturated rings. The fourth-order valence-corrected chi connectivity index (χ4v) is 2.21. The Bertz CT molecular complexity index is 526. The summed E-state index contributed by atoms with van der Waals surface area (Å²) < 4.78 is 25.6. The van der Waals surface area contributed by atoms with E-state index in [4.69, 9.17) is 0 Å². The molecule has 0 radical (unpaired) electrons. The fraction of sp³-hybridized carbons (Fsp3) is 0.364. The Kier molecular flexibility index (Phi) is 5.11. The fourth-order valence-electron chi connectivity index (χ4n) is 1.41. The van der Waals surface area contributed by atoms with Gasteiger partial charge in [-0.05, 0) is 24.7 Å². The number of nitrogens with one attached hydrogen (secondary N) is 3. The number of nitrogens with zero attached hydrogens (tertiary/aromatic N) is 1. The molecule has 18 heavy (non-hydrogen) atoms. The van der Waals surface area contributed by atoms with Crippen molar-refractivity contribution in [3.05, 3.63) is 29.8 Å². The quantitative estimate of drug-likeness (QED) is 0.526. The standard InChI is InChI=1S/C11H18N4O2S/c1-12-11(13-2)15-8-9-5-4-6-10(7-9)18(16,17)14-3/h4-7,14H,8H2,1-3H3,(H2,12,13,15). The predicted molar refractivity (Wildman–Crippen MR) is 71.9 cm³/mol. The lowest BCUT2D eigenvalue weighted by molar-refractivity contribution is 0.588. The van der Waals surface area contributed by atoms with Gasteiger partial charge in [-0.3, -0.25) is 4.99 Å². The van der Waals surface area contributed by atoms with Crippen molar-refractivity contribution in [2.24, 2.45) is 4.99 Å². The molecule has 1 aromatic carbocycles. The number of hydrogen-bond acceptors (Lipinski definition) is 3. The Morgan fingerprint density at radius 2 is 2.06 bits per heavy atom. The predicted octanol–water partition coefficient (Wildman–Crippen LogP) is -0.111. The van der Waals surface area contributed by atoms with Gasteiger partial charge in [0.05, 0.1) is 4.90 Å². The number of aliphatic imine (C=N–C) groups is 1. The van der Waals surface area contributed by atoms with Crippen molar-refractivity contribution in [3.63, 3.8) is 0 Å². The molecule has 0 spiro atoms. The summed E-state index contributed by atoms with van der Waals surface area (Å²) in [5.41, 5.74) is 0.864. The van der Waals surface area contributed by atoms with Gasteiger partial charge in [0.2, 0.25) is 10.0 Å². The number of benzene rings is 1. The average molecular weight is 270 g/mol. The highest BCUT2D eigenvalue weighted by molar-refractivity contribution is 7.89. The molecule has 3 N–H and O–H groups in total. The van der Waals surface area contributed by atoms with Gasteiger partial charge in [-0.1, -0.05) is 12.1 Å². The normalized spacial score (nSPS) is 12.3. The first-order chi connectivity index (χ1) is 8.53. The van der Waals surface area contributed by atoms with E-state index in [-0.39, 0.29) is 4.90 Å². The summed E-state index contributed by atoms with van der Waals surface area (Å²) in [5, 5.41) is 5.94. The molecule has 0 amide bonds. The minimum atomic E-state index is -3.39. The van der Waals surface area contributed by atoms with Gasteiger partial charge >= 0.3 is 0 Å². The van der Waals surface area contributed by atoms with Gasteiger partial charge < -0.3 is 10.6 Å². The summed E-state index contributed by atoms with van der Waals surface area (Å²) in [6, 6.07) is 6.75. The topological polar surface area (TPSA) is 82.6 Å². The van der Waals surface area contributed by atoms with Crippen molar-refractivity contribution < 1.29 is 8.42 Å². The van der Waals surface area contributed by atoms with Crippen LogP contribution in [0.4, 0.5) is 0 Å². The molecular formula is C11H18N4O2S. The first-order valence-corrected chi connectivity index (χ1v) is 6.92. The third-order valence-electron chi connectivity index (χ3n) is 2.40.